The number of amides is 1. The summed E-state index contributed by atoms with van der Waals surface area (Å²) in [6.45, 7) is 6.41. The summed E-state index contributed by atoms with van der Waals surface area (Å²) in [6.07, 6.45) is 1.36. The Hall–Kier alpha value is -3.03. The van der Waals surface area contributed by atoms with Crippen LogP contribution in [-0.2, 0) is 24.2 Å². The molecule has 3 rings (SSSR count). The largest absolute Gasteiger partial charge is 0.494 e. The van der Waals surface area contributed by atoms with E-state index in [9.17, 15) is 14.4 Å². The molecule has 1 aliphatic heterocycles. The molecule has 8 heteroatoms. The Bertz CT molecular complexity index is 992. The van der Waals surface area contributed by atoms with Crippen LogP contribution in [0.3, 0.4) is 0 Å². The highest BCUT2D eigenvalue weighted by atomic mass is 16.5. The highest BCUT2D eigenvalue weighted by Gasteiger charge is 2.22. The Morgan fingerprint density at radius 3 is 2.82 bits per heavy atom. The first-order valence-electron chi connectivity index (χ1n) is 9.41. The molecule has 28 heavy (non-hydrogen) atoms. The predicted octanol–water partition coefficient (Wildman–Crippen LogP) is 1.34. The number of H-pyrrole nitrogens is 2. The van der Waals surface area contributed by atoms with E-state index in [0.29, 0.717) is 24.4 Å². The molecule has 1 aromatic carbocycles. The Morgan fingerprint density at radius 1 is 1.32 bits per heavy atom. The molecule has 8 nitrogen and oxygen atoms in total. The number of benzene rings is 1. The lowest BCUT2D eigenvalue weighted by Crippen LogP contribution is -2.29. The van der Waals surface area contributed by atoms with Gasteiger partial charge >= 0.3 is 5.69 Å². The fourth-order valence-corrected chi connectivity index (χ4v) is 3.36. The number of hydrogen-bond acceptors (Lipinski definition) is 5. The molecule has 3 N–H and O–H groups in total. The zero-order chi connectivity index (χ0) is 20.3. The van der Waals surface area contributed by atoms with Crippen molar-refractivity contribution in [2.24, 2.45) is 0 Å². The molecular formula is C20H25N3O5. The molecule has 0 saturated heterocycles. The van der Waals surface area contributed by atoms with Crippen molar-refractivity contribution < 1.29 is 14.3 Å². The number of fused-ring (bicyclic) bond motifs is 1. The first kappa shape index (κ1) is 19.7. The molecule has 1 aliphatic rings. The van der Waals surface area contributed by atoms with Gasteiger partial charge in [0.15, 0.2) is 0 Å². The van der Waals surface area contributed by atoms with Crippen LogP contribution in [0.2, 0.25) is 0 Å². The molecule has 0 radical (unpaired) electrons. The van der Waals surface area contributed by atoms with Gasteiger partial charge in [-0.2, -0.15) is 0 Å². The van der Waals surface area contributed by atoms with Crippen LogP contribution in [0.15, 0.2) is 21.7 Å². The van der Waals surface area contributed by atoms with Gasteiger partial charge in [0, 0.05) is 41.8 Å². The quantitative estimate of drug-likeness (QED) is 0.664. The van der Waals surface area contributed by atoms with Crippen LogP contribution in [0, 0.1) is 6.92 Å². The fourth-order valence-electron chi connectivity index (χ4n) is 3.36. The zero-order valence-corrected chi connectivity index (χ0v) is 16.3. The molecule has 0 saturated carbocycles. The van der Waals surface area contributed by atoms with E-state index >= 15 is 0 Å². The number of nitrogens with one attached hydrogen (secondary N) is 3. The van der Waals surface area contributed by atoms with Crippen LogP contribution >= 0.6 is 0 Å². The van der Waals surface area contributed by atoms with E-state index in [1.807, 2.05) is 26.0 Å². The van der Waals surface area contributed by atoms with Gasteiger partial charge in [0.05, 0.1) is 6.61 Å². The van der Waals surface area contributed by atoms with Gasteiger partial charge in [-0.1, -0.05) is 0 Å². The van der Waals surface area contributed by atoms with Crippen molar-refractivity contribution in [2.45, 2.75) is 52.7 Å². The lowest BCUT2D eigenvalue weighted by molar-refractivity contribution is -0.121. The van der Waals surface area contributed by atoms with E-state index in [1.165, 1.54) is 0 Å². The van der Waals surface area contributed by atoms with Crippen LogP contribution in [0.25, 0.3) is 0 Å². The summed E-state index contributed by atoms with van der Waals surface area (Å²) in [7, 11) is 0. The van der Waals surface area contributed by atoms with Crippen LogP contribution < -0.4 is 26.0 Å². The number of ether oxygens (including phenoxy) is 2. The number of hydrogen-bond donors (Lipinski definition) is 3. The highest BCUT2D eigenvalue weighted by Crippen LogP contribution is 2.35. The van der Waals surface area contributed by atoms with E-state index in [1.54, 1.807) is 6.92 Å². The van der Waals surface area contributed by atoms with Gasteiger partial charge in [-0.3, -0.25) is 14.6 Å². The van der Waals surface area contributed by atoms with Crippen LogP contribution in [-0.4, -0.2) is 28.6 Å². The van der Waals surface area contributed by atoms with Gasteiger partial charge in [0.1, 0.15) is 17.6 Å². The molecule has 0 unspecified atom stereocenters. The summed E-state index contributed by atoms with van der Waals surface area (Å²) < 4.78 is 11.5. The molecule has 1 atom stereocenters. The summed E-state index contributed by atoms with van der Waals surface area (Å²) in [5, 5.41) is 2.86. The Kier molecular flexibility index (Phi) is 5.87. The smallest absolute Gasteiger partial charge is 0.325 e. The van der Waals surface area contributed by atoms with Gasteiger partial charge in [-0.05, 0) is 39.3 Å². The van der Waals surface area contributed by atoms with Gasteiger partial charge in [0.25, 0.3) is 5.56 Å². The average molecular weight is 387 g/mol. The first-order chi connectivity index (χ1) is 13.4. The summed E-state index contributed by atoms with van der Waals surface area (Å²) in [6, 6.07) is 3.90. The molecule has 150 valence electrons. The summed E-state index contributed by atoms with van der Waals surface area (Å²) >= 11 is 0. The maximum atomic E-state index is 12.3. The normalized spacial score (nSPS) is 15.0. The standard InChI is InChI=1S/C20H25N3O5/c1-4-27-16-8-13-7-11(2)28-17(13)9-14(16)10-21-18(24)6-5-15-12(3)22-20(26)23-19(15)25/h8-9,11H,4-7,10H2,1-3H3,(H,21,24)(H2,22,23,25,26)/t11-/m1/s1. The maximum absolute atomic E-state index is 12.3. The SMILES string of the molecule is CCOc1cc2c(cc1CNC(=O)CCc1c(C)[nH]c(=O)[nH]c1=O)O[C@H](C)C2. The Labute approximate surface area is 162 Å². The maximum Gasteiger partial charge on any atom is 0.325 e. The zero-order valence-electron chi connectivity index (χ0n) is 16.3. The lowest BCUT2D eigenvalue weighted by Gasteiger charge is -2.13. The van der Waals surface area contributed by atoms with Crippen molar-refractivity contribution in [1.29, 1.82) is 0 Å². The van der Waals surface area contributed by atoms with Crippen LogP contribution in [0.4, 0.5) is 0 Å². The minimum Gasteiger partial charge on any atom is -0.494 e. The third-order valence-corrected chi connectivity index (χ3v) is 4.71. The van der Waals surface area contributed by atoms with Crippen molar-refractivity contribution >= 4 is 5.91 Å². The van der Waals surface area contributed by atoms with Gasteiger partial charge in [-0.25, -0.2) is 4.79 Å². The third kappa shape index (κ3) is 4.44. The van der Waals surface area contributed by atoms with Gasteiger partial charge < -0.3 is 19.8 Å². The minimum absolute atomic E-state index is 0.132. The molecule has 1 aromatic heterocycles. The molecule has 1 amide bonds. The van der Waals surface area contributed by atoms with E-state index < -0.39 is 11.2 Å². The van der Waals surface area contributed by atoms with Crippen LogP contribution in [0.1, 0.15) is 42.7 Å². The van der Waals surface area contributed by atoms with E-state index in [0.717, 1.165) is 29.0 Å². The van der Waals surface area contributed by atoms with Crippen molar-refractivity contribution in [2.75, 3.05) is 6.61 Å². The first-order valence-corrected chi connectivity index (χ1v) is 9.41. The second-order valence-electron chi connectivity index (χ2n) is 6.92. The van der Waals surface area contributed by atoms with Crippen molar-refractivity contribution in [3.8, 4) is 11.5 Å². The number of carbonyl (C=O) groups excluding carboxylic acids is 1. The number of carbonyl (C=O) groups is 1. The Balaban J connectivity index is 1.64. The molecule has 0 bridgehead atoms. The second kappa shape index (κ2) is 8.33. The highest BCUT2D eigenvalue weighted by molar-refractivity contribution is 5.76. The summed E-state index contributed by atoms with van der Waals surface area (Å²) in [5.74, 6) is 1.38. The van der Waals surface area contributed by atoms with E-state index in [-0.39, 0.29) is 24.9 Å². The average Bonchev–Trinajstić information content (AvgIpc) is 2.98. The topological polar surface area (TPSA) is 113 Å². The van der Waals surface area contributed by atoms with Gasteiger partial charge in [-0.15, -0.1) is 0 Å². The lowest BCUT2D eigenvalue weighted by atomic mass is 10.1. The van der Waals surface area contributed by atoms with Crippen LogP contribution in [0.5, 0.6) is 11.5 Å². The molecular weight excluding hydrogens is 362 g/mol. The van der Waals surface area contributed by atoms with Crippen molar-refractivity contribution in [3.63, 3.8) is 0 Å². The molecule has 0 fully saturated rings. The van der Waals surface area contributed by atoms with E-state index in [2.05, 4.69) is 15.3 Å². The van der Waals surface area contributed by atoms with Gasteiger partial charge in [0.2, 0.25) is 5.91 Å². The fraction of sp³-hybridized carbons (Fsp3) is 0.450. The number of rotatable bonds is 7. The van der Waals surface area contributed by atoms with Crippen molar-refractivity contribution in [3.05, 3.63) is 55.4 Å². The molecule has 0 aliphatic carbocycles. The Morgan fingerprint density at radius 2 is 2.11 bits per heavy atom. The predicted molar refractivity (Wildman–Crippen MR) is 104 cm³/mol. The molecule has 0 spiro atoms. The van der Waals surface area contributed by atoms with Crippen molar-refractivity contribution in [1.82, 2.24) is 15.3 Å². The summed E-state index contributed by atoms with van der Waals surface area (Å²) in [4.78, 5) is 40.1. The minimum atomic E-state index is -0.549. The number of aromatic amines is 2. The number of aryl methyl sites for hydroxylation is 1. The van der Waals surface area contributed by atoms with E-state index in [4.69, 9.17) is 9.47 Å². The monoisotopic (exact) mass is 387 g/mol. The third-order valence-electron chi connectivity index (χ3n) is 4.71. The molecule has 2 heterocycles. The summed E-state index contributed by atoms with van der Waals surface area (Å²) in [5.41, 5.74) is 1.83. The molecule has 2 aromatic rings. The second-order valence-corrected chi connectivity index (χ2v) is 6.92. The number of aromatic nitrogens is 2.